The Labute approximate surface area is 121 Å². The van der Waals surface area contributed by atoms with Crippen LogP contribution in [-0.2, 0) is 13.1 Å². The zero-order chi connectivity index (χ0) is 13.8. The minimum atomic E-state index is 0.548. The highest BCUT2D eigenvalue weighted by Gasteiger charge is 2.22. The highest BCUT2D eigenvalue weighted by atomic mass is 35.5. The van der Waals surface area contributed by atoms with Crippen molar-refractivity contribution in [1.29, 1.82) is 0 Å². The van der Waals surface area contributed by atoms with Crippen LogP contribution in [0.5, 0.6) is 0 Å². The number of likely N-dealkylation sites (N-methyl/N-ethyl adjacent to an activating group) is 1. The van der Waals surface area contributed by atoms with Gasteiger partial charge >= 0.3 is 0 Å². The molecular formula is C15H24ClN3. The van der Waals surface area contributed by atoms with Crippen LogP contribution in [0.25, 0.3) is 0 Å². The number of nitrogens with two attached hydrogens (primary N) is 1. The molecule has 0 radical (unpaired) electrons. The molecule has 4 heteroatoms. The van der Waals surface area contributed by atoms with Gasteiger partial charge in [-0.2, -0.15) is 0 Å². The molecule has 0 aliphatic carbocycles. The molecule has 0 amide bonds. The van der Waals surface area contributed by atoms with Gasteiger partial charge in [-0.25, -0.2) is 0 Å². The van der Waals surface area contributed by atoms with Crippen LogP contribution in [0.2, 0.25) is 5.02 Å². The predicted molar refractivity (Wildman–Crippen MR) is 81.3 cm³/mol. The third kappa shape index (κ3) is 3.69. The van der Waals surface area contributed by atoms with Crippen molar-refractivity contribution in [1.82, 2.24) is 9.80 Å². The molecule has 0 spiro atoms. The van der Waals surface area contributed by atoms with E-state index in [0.717, 1.165) is 43.3 Å². The normalized spacial score (nSPS) is 21.8. The SMILES string of the molecule is CCN1CCN(Cc2ccc(CN)cc2Cl)CC1C. The molecule has 2 N–H and O–H groups in total. The molecule has 2 rings (SSSR count). The maximum absolute atomic E-state index is 6.33. The van der Waals surface area contributed by atoms with Crippen LogP contribution in [0.3, 0.4) is 0 Å². The van der Waals surface area contributed by atoms with Crippen LogP contribution in [0.1, 0.15) is 25.0 Å². The van der Waals surface area contributed by atoms with Gasteiger partial charge in [-0.3, -0.25) is 9.80 Å². The molecule has 1 saturated heterocycles. The molecule has 0 aromatic heterocycles. The van der Waals surface area contributed by atoms with E-state index in [-0.39, 0.29) is 0 Å². The Morgan fingerprint density at radius 1 is 1.37 bits per heavy atom. The average Bonchev–Trinajstić information content (AvgIpc) is 2.41. The van der Waals surface area contributed by atoms with Gasteiger partial charge in [0.15, 0.2) is 0 Å². The lowest BCUT2D eigenvalue weighted by molar-refractivity contribution is 0.0834. The second kappa shape index (κ2) is 6.71. The third-order valence-corrected chi connectivity index (χ3v) is 4.35. The quantitative estimate of drug-likeness (QED) is 0.919. The van der Waals surface area contributed by atoms with E-state index in [2.05, 4.69) is 35.8 Å². The Bertz CT molecular complexity index is 422. The first-order chi connectivity index (χ1) is 9.13. The smallest absolute Gasteiger partial charge is 0.0454 e. The minimum Gasteiger partial charge on any atom is -0.326 e. The Morgan fingerprint density at radius 3 is 2.74 bits per heavy atom. The van der Waals surface area contributed by atoms with E-state index in [9.17, 15) is 0 Å². The van der Waals surface area contributed by atoms with Gasteiger partial charge in [0.1, 0.15) is 0 Å². The summed E-state index contributed by atoms with van der Waals surface area (Å²) in [6.45, 7) is 10.5. The molecular weight excluding hydrogens is 258 g/mol. The predicted octanol–water partition coefficient (Wildman–Crippen LogP) is 2.32. The lowest BCUT2D eigenvalue weighted by Crippen LogP contribution is -2.51. The number of hydrogen-bond donors (Lipinski definition) is 1. The summed E-state index contributed by atoms with van der Waals surface area (Å²) in [6, 6.07) is 6.80. The molecule has 1 unspecified atom stereocenters. The van der Waals surface area contributed by atoms with E-state index in [1.165, 1.54) is 5.56 Å². The maximum Gasteiger partial charge on any atom is 0.0454 e. The highest BCUT2D eigenvalue weighted by molar-refractivity contribution is 6.31. The largest absolute Gasteiger partial charge is 0.326 e. The summed E-state index contributed by atoms with van der Waals surface area (Å²) in [4.78, 5) is 5.01. The van der Waals surface area contributed by atoms with Gasteiger partial charge in [-0.05, 0) is 30.7 Å². The first-order valence-corrected chi connectivity index (χ1v) is 7.45. The van der Waals surface area contributed by atoms with Gasteiger partial charge < -0.3 is 5.73 Å². The lowest BCUT2D eigenvalue weighted by Gasteiger charge is -2.39. The van der Waals surface area contributed by atoms with Gasteiger partial charge in [-0.15, -0.1) is 0 Å². The molecule has 1 aliphatic rings. The summed E-state index contributed by atoms with van der Waals surface area (Å²) in [5.74, 6) is 0. The maximum atomic E-state index is 6.33. The van der Waals surface area contributed by atoms with E-state index < -0.39 is 0 Å². The molecule has 0 saturated carbocycles. The fourth-order valence-electron chi connectivity index (χ4n) is 2.77. The zero-order valence-corrected chi connectivity index (χ0v) is 12.7. The second-order valence-corrected chi connectivity index (χ2v) is 5.75. The highest BCUT2D eigenvalue weighted by Crippen LogP contribution is 2.21. The number of nitrogens with zero attached hydrogens (tertiary/aromatic N) is 2. The zero-order valence-electron chi connectivity index (χ0n) is 11.9. The molecule has 1 aliphatic heterocycles. The molecule has 1 fully saturated rings. The summed E-state index contributed by atoms with van der Waals surface area (Å²) >= 11 is 6.33. The minimum absolute atomic E-state index is 0.548. The Morgan fingerprint density at radius 2 is 2.16 bits per heavy atom. The number of rotatable bonds is 4. The Kier molecular flexibility index (Phi) is 5.22. The van der Waals surface area contributed by atoms with Crippen molar-refractivity contribution in [3.05, 3.63) is 34.3 Å². The van der Waals surface area contributed by atoms with Crippen molar-refractivity contribution in [2.75, 3.05) is 26.2 Å². The van der Waals surface area contributed by atoms with Crippen LogP contribution in [0.15, 0.2) is 18.2 Å². The monoisotopic (exact) mass is 281 g/mol. The number of halogens is 1. The van der Waals surface area contributed by atoms with E-state index in [1.54, 1.807) is 0 Å². The van der Waals surface area contributed by atoms with E-state index in [1.807, 2.05) is 6.07 Å². The first-order valence-electron chi connectivity index (χ1n) is 7.07. The lowest BCUT2D eigenvalue weighted by atomic mass is 10.1. The van der Waals surface area contributed by atoms with Gasteiger partial charge in [0.25, 0.3) is 0 Å². The van der Waals surface area contributed by atoms with E-state index >= 15 is 0 Å². The fraction of sp³-hybridized carbons (Fsp3) is 0.600. The Hall–Kier alpha value is -0.610. The fourth-order valence-corrected chi connectivity index (χ4v) is 3.03. The summed E-state index contributed by atoms with van der Waals surface area (Å²) in [7, 11) is 0. The van der Waals surface area contributed by atoms with Crippen molar-refractivity contribution in [3.8, 4) is 0 Å². The molecule has 3 nitrogen and oxygen atoms in total. The van der Waals surface area contributed by atoms with Crippen LogP contribution in [0, 0.1) is 0 Å². The Balaban J connectivity index is 1.98. The molecule has 1 atom stereocenters. The van der Waals surface area contributed by atoms with Gasteiger partial charge in [0, 0.05) is 43.8 Å². The second-order valence-electron chi connectivity index (χ2n) is 5.34. The molecule has 1 heterocycles. The van der Waals surface area contributed by atoms with E-state index in [4.69, 9.17) is 17.3 Å². The number of hydrogen-bond acceptors (Lipinski definition) is 3. The third-order valence-electron chi connectivity index (χ3n) is 4.00. The van der Waals surface area contributed by atoms with Crippen LogP contribution in [-0.4, -0.2) is 42.0 Å². The van der Waals surface area contributed by atoms with Gasteiger partial charge in [-0.1, -0.05) is 30.7 Å². The molecule has 1 aromatic rings. The van der Waals surface area contributed by atoms with E-state index in [0.29, 0.717) is 12.6 Å². The number of benzene rings is 1. The van der Waals surface area contributed by atoms with Crippen molar-refractivity contribution < 1.29 is 0 Å². The van der Waals surface area contributed by atoms with Crippen molar-refractivity contribution in [2.45, 2.75) is 33.0 Å². The molecule has 1 aromatic carbocycles. The standard InChI is InChI=1S/C15H24ClN3/c1-3-19-7-6-18(10-12(19)2)11-14-5-4-13(9-17)8-15(14)16/h4-5,8,12H,3,6-7,9-11,17H2,1-2H3. The number of piperazine rings is 1. The van der Waals surface area contributed by atoms with Crippen molar-refractivity contribution in [3.63, 3.8) is 0 Å². The van der Waals surface area contributed by atoms with Gasteiger partial charge in [0.05, 0.1) is 0 Å². The van der Waals surface area contributed by atoms with Crippen molar-refractivity contribution in [2.24, 2.45) is 5.73 Å². The molecule has 106 valence electrons. The average molecular weight is 282 g/mol. The summed E-state index contributed by atoms with van der Waals surface area (Å²) in [5.41, 5.74) is 7.93. The summed E-state index contributed by atoms with van der Waals surface area (Å²) < 4.78 is 0. The summed E-state index contributed by atoms with van der Waals surface area (Å²) in [5, 5.41) is 0.841. The van der Waals surface area contributed by atoms with Crippen LogP contribution < -0.4 is 5.73 Å². The topological polar surface area (TPSA) is 32.5 Å². The molecule has 19 heavy (non-hydrogen) atoms. The first kappa shape index (κ1) is 14.8. The van der Waals surface area contributed by atoms with Crippen molar-refractivity contribution >= 4 is 11.6 Å². The summed E-state index contributed by atoms with van der Waals surface area (Å²) in [6.07, 6.45) is 0. The van der Waals surface area contributed by atoms with Gasteiger partial charge in [0.2, 0.25) is 0 Å². The molecule has 0 bridgehead atoms. The van der Waals surface area contributed by atoms with Crippen LogP contribution in [0.4, 0.5) is 0 Å². The van der Waals surface area contributed by atoms with Crippen LogP contribution >= 0.6 is 11.6 Å².